The van der Waals surface area contributed by atoms with Gasteiger partial charge in [-0.2, -0.15) is 0 Å². The van der Waals surface area contributed by atoms with Gasteiger partial charge in [-0.15, -0.1) is 0 Å². The average molecular weight is 264 g/mol. The number of hydrogen-bond acceptors (Lipinski definition) is 3. The number of hydrogen-bond donors (Lipinski definition) is 2. The molecule has 0 saturated heterocycles. The van der Waals surface area contributed by atoms with Crippen LogP contribution in [-0.2, 0) is 4.79 Å². The summed E-state index contributed by atoms with van der Waals surface area (Å²) >= 11 is 0. The van der Waals surface area contributed by atoms with Crippen LogP contribution in [-0.4, -0.2) is 25.1 Å². The number of rotatable bonds is 7. The summed E-state index contributed by atoms with van der Waals surface area (Å²) in [5, 5.41) is 6.05. The topological polar surface area (TPSA) is 50.4 Å². The Kier molecular flexibility index (Phi) is 6.36. The van der Waals surface area contributed by atoms with Gasteiger partial charge in [-0.05, 0) is 44.0 Å². The first-order valence-corrected chi connectivity index (χ1v) is 6.79. The van der Waals surface area contributed by atoms with Crippen LogP contribution < -0.4 is 15.4 Å². The summed E-state index contributed by atoms with van der Waals surface area (Å²) < 4.78 is 5.35. The number of carbonyl (C=O) groups is 1. The van der Waals surface area contributed by atoms with Crippen molar-refractivity contribution >= 4 is 11.6 Å². The van der Waals surface area contributed by atoms with E-state index < -0.39 is 0 Å². The molecule has 4 heteroatoms. The highest BCUT2D eigenvalue weighted by Crippen LogP contribution is 2.15. The van der Waals surface area contributed by atoms with Crippen molar-refractivity contribution in [2.75, 3.05) is 18.5 Å². The Morgan fingerprint density at radius 2 is 1.84 bits per heavy atom. The van der Waals surface area contributed by atoms with Gasteiger partial charge in [0.25, 0.3) is 0 Å². The van der Waals surface area contributed by atoms with Gasteiger partial charge in [0, 0.05) is 11.7 Å². The standard InChI is InChI=1S/C15H24N2O2/c1-5-19-14-8-6-13(7-9-14)17-15(18)10-16-12(4)11(2)3/h6-9,11-12,16H,5,10H2,1-4H3,(H,17,18). The van der Waals surface area contributed by atoms with Crippen LogP contribution in [0.2, 0.25) is 0 Å². The summed E-state index contributed by atoms with van der Waals surface area (Å²) in [6, 6.07) is 7.71. The van der Waals surface area contributed by atoms with E-state index in [9.17, 15) is 4.79 Å². The molecule has 1 aromatic carbocycles. The number of nitrogens with one attached hydrogen (secondary N) is 2. The van der Waals surface area contributed by atoms with Crippen molar-refractivity contribution < 1.29 is 9.53 Å². The molecule has 0 fully saturated rings. The van der Waals surface area contributed by atoms with Gasteiger partial charge in [0.1, 0.15) is 5.75 Å². The van der Waals surface area contributed by atoms with E-state index in [0.29, 0.717) is 25.1 Å². The van der Waals surface area contributed by atoms with Gasteiger partial charge < -0.3 is 15.4 Å². The van der Waals surface area contributed by atoms with Crippen LogP contribution in [0.4, 0.5) is 5.69 Å². The molecule has 0 bridgehead atoms. The molecule has 1 rings (SSSR count). The number of amides is 1. The maximum atomic E-state index is 11.7. The van der Waals surface area contributed by atoms with Crippen molar-refractivity contribution in [3.63, 3.8) is 0 Å². The molecule has 1 aromatic rings. The highest BCUT2D eigenvalue weighted by molar-refractivity contribution is 5.92. The normalized spacial score (nSPS) is 12.3. The number of anilines is 1. The molecule has 1 amide bonds. The van der Waals surface area contributed by atoms with Gasteiger partial charge in [0.15, 0.2) is 0 Å². The SMILES string of the molecule is CCOc1ccc(NC(=O)CNC(C)C(C)C)cc1. The van der Waals surface area contributed by atoms with E-state index in [1.54, 1.807) is 0 Å². The molecule has 0 aliphatic heterocycles. The first-order chi connectivity index (χ1) is 9.02. The lowest BCUT2D eigenvalue weighted by Gasteiger charge is -2.17. The fourth-order valence-electron chi connectivity index (χ4n) is 1.50. The molecule has 1 unspecified atom stereocenters. The third-order valence-corrected chi connectivity index (χ3v) is 3.03. The molecule has 0 spiro atoms. The first-order valence-electron chi connectivity index (χ1n) is 6.79. The number of benzene rings is 1. The molecule has 106 valence electrons. The average Bonchev–Trinajstić information content (AvgIpc) is 2.38. The van der Waals surface area contributed by atoms with Crippen LogP contribution in [0.15, 0.2) is 24.3 Å². The van der Waals surface area contributed by atoms with E-state index in [0.717, 1.165) is 11.4 Å². The van der Waals surface area contributed by atoms with Crippen LogP contribution in [0.5, 0.6) is 5.75 Å². The predicted molar refractivity (Wildman–Crippen MR) is 78.5 cm³/mol. The van der Waals surface area contributed by atoms with Gasteiger partial charge in [-0.1, -0.05) is 13.8 Å². The van der Waals surface area contributed by atoms with Crippen LogP contribution in [0.1, 0.15) is 27.7 Å². The Balaban J connectivity index is 2.39. The lowest BCUT2D eigenvalue weighted by atomic mass is 10.1. The van der Waals surface area contributed by atoms with Gasteiger partial charge >= 0.3 is 0 Å². The van der Waals surface area contributed by atoms with Crippen molar-refractivity contribution in [2.24, 2.45) is 5.92 Å². The highest BCUT2D eigenvalue weighted by Gasteiger charge is 2.08. The van der Waals surface area contributed by atoms with Gasteiger partial charge in [-0.25, -0.2) is 0 Å². The van der Waals surface area contributed by atoms with Gasteiger partial charge in [0.2, 0.25) is 5.91 Å². The largest absolute Gasteiger partial charge is 0.494 e. The lowest BCUT2D eigenvalue weighted by molar-refractivity contribution is -0.115. The molecule has 0 aliphatic rings. The van der Waals surface area contributed by atoms with Crippen LogP contribution in [0, 0.1) is 5.92 Å². The Labute approximate surface area is 115 Å². The molecule has 0 saturated carbocycles. The van der Waals surface area contributed by atoms with E-state index in [2.05, 4.69) is 31.4 Å². The second kappa shape index (κ2) is 7.79. The molecule has 0 radical (unpaired) electrons. The summed E-state index contributed by atoms with van der Waals surface area (Å²) in [6.07, 6.45) is 0. The molecule has 0 aliphatic carbocycles. The van der Waals surface area contributed by atoms with Crippen molar-refractivity contribution in [3.8, 4) is 5.75 Å². The van der Waals surface area contributed by atoms with E-state index in [-0.39, 0.29) is 5.91 Å². The molecule has 2 N–H and O–H groups in total. The van der Waals surface area contributed by atoms with E-state index in [1.807, 2.05) is 31.2 Å². The maximum Gasteiger partial charge on any atom is 0.238 e. The van der Waals surface area contributed by atoms with Crippen LogP contribution >= 0.6 is 0 Å². The summed E-state index contributed by atoms with van der Waals surface area (Å²) in [4.78, 5) is 11.7. The summed E-state index contributed by atoms with van der Waals surface area (Å²) in [5.74, 6) is 1.29. The van der Waals surface area contributed by atoms with Crippen molar-refractivity contribution in [2.45, 2.75) is 33.7 Å². The quantitative estimate of drug-likeness (QED) is 0.796. The van der Waals surface area contributed by atoms with Crippen molar-refractivity contribution in [1.29, 1.82) is 0 Å². The van der Waals surface area contributed by atoms with Gasteiger partial charge in [0.05, 0.1) is 13.2 Å². The monoisotopic (exact) mass is 264 g/mol. The van der Waals surface area contributed by atoms with Gasteiger partial charge in [-0.3, -0.25) is 4.79 Å². The van der Waals surface area contributed by atoms with E-state index >= 15 is 0 Å². The van der Waals surface area contributed by atoms with E-state index in [4.69, 9.17) is 4.74 Å². The smallest absolute Gasteiger partial charge is 0.238 e. The minimum atomic E-state index is -0.0309. The molecular weight excluding hydrogens is 240 g/mol. The molecular formula is C15H24N2O2. The van der Waals surface area contributed by atoms with Crippen molar-refractivity contribution in [3.05, 3.63) is 24.3 Å². The van der Waals surface area contributed by atoms with E-state index in [1.165, 1.54) is 0 Å². The fourth-order valence-corrected chi connectivity index (χ4v) is 1.50. The second-order valence-corrected chi connectivity index (χ2v) is 4.92. The fraction of sp³-hybridized carbons (Fsp3) is 0.533. The zero-order valence-electron chi connectivity index (χ0n) is 12.2. The Hall–Kier alpha value is -1.55. The predicted octanol–water partition coefficient (Wildman–Crippen LogP) is 2.66. The Morgan fingerprint density at radius 3 is 2.37 bits per heavy atom. The highest BCUT2D eigenvalue weighted by atomic mass is 16.5. The number of ether oxygens (including phenoxy) is 1. The molecule has 0 aromatic heterocycles. The van der Waals surface area contributed by atoms with Crippen LogP contribution in [0.25, 0.3) is 0 Å². The molecule has 0 heterocycles. The molecule has 1 atom stereocenters. The lowest BCUT2D eigenvalue weighted by Crippen LogP contribution is -2.37. The third kappa shape index (κ3) is 5.75. The third-order valence-electron chi connectivity index (χ3n) is 3.03. The summed E-state index contributed by atoms with van der Waals surface area (Å²) in [6.45, 7) is 9.24. The second-order valence-electron chi connectivity index (χ2n) is 4.92. The summed E-state index contributed by atoms with van der Waals surface area (Å²) in [5.41, 5.74) is 0.785. The maximum absolute atomic E-state index is 11.7. The van der Waals surface area contributed by atoms with Crippen molar-refractivity contribution in [1.82, 2.24) is 5.32 Å². The molecule has 4 nitrogen and oxygen atoms in total. The zero-order valence-corrected chi connectivity index (χ0v) is 12.2. The van der Waals surface area contributed by atoms with Crippen LogP contribution in [0.3, 0.4) is 0 Å². The Morgan fingerprint density at radius 1 is 1.21 bits per heavy atom. The minimum absolute atomic E-state index is 0.0309. The Bertz CT molecular complexity index is 388. The molecule has 19 heavy (non-hydrogen) atoms. The zero-order chi connectivity index (χ0) is 14.3. The number of carbonyl (C=O) groups excluding carboxylic acids is 1. The first kappa shape index (κ1) is 15.5. The minimum Gasteiger partial charge on any atom is -0.494 e. The summed E-state index contributed by atoms with van der Waals surface area (Å²) in [7, 11) is 0.